The minimum atomic E-state index is -0.0560. The smallest absolute Gasteiger partial charge is 0.255 e. The van der Waals surface area contributed by atoms with E-state index in [1.807, 2.05) is 16.7 Å². The highest BCUT2D eigenvalue weighted by atomic mass is 16.1. The Labute approximate surface area is 103 Å². The van der Waals surface area contributed by atoms with E-state index in [0.29, 0.717) is 12.1 Å². The van der Waals surface area contributed by atoms with Crippen LogP contribution in [-0.4, -0.2) is 4.57 Å². The summed E-state index contributed by atoms with van der Waals surface area (Å²) >= 11 is 0. The third-order valence-electron chi connectivity index (χ3n) is 2.74. The maximum Gasteiger partial charge on any atom is 0.255 e. The van der Waals surface area contributed by atoms with Crippen molar-refractivity contribution in [1.82, 2.24) is 4.57 Å². The first-order valence-electron chi connectivity index (χ1n) is 6.02. The van der Waals surface area contributed by atoms with Gasteiger partial charge in [-0.2, -0.15) is 5.26 Å². The monoisotopic (exact) mass is 232 g/mol. The van der Waals surface area contributed by atoms with Crippen molar-refractivity contribution in [3.05, 3.63) is 33.7 Å². The van der Waals surface area contributed by atoms with Gasteiger partial charge >= 0.3 is 0 Å². The molecule has 0 N–H and O–H groups in total. The molecule has 1 aromatic heterocycles. The molecule has 0 aliphatic rings. The van der Waals surface area contributed by atoms with Crippen LogP contribution >= 0.6 is 0 Å². The number of nitriles is 1. The molecule has 3 nitrogen and oxygen atoms in total. The van der Waals surface area contributed by atoms with Crippen LogP contribution in [0.4, 0.5) is 0 Å². The van der Waals surface area contributed by atoms with Crippen molar-refractivity contribution in [2.45, 2.75) is 52.5 Å². The minimum absolute atomic E-state index is 0.0131. The first kappa shape index (κ1) is 13.5. The van der Waals surface area contributed by atoms with Gasteiger partial charge in [-0.1, -0.05) is 33.8 Å². The van der Waals surface area contributed by atoms with Crippen LogP contribution in [0.5, 0.6) is 0 Å². The van der Waals surface area contributed by atoms with E-state index >= 15 is 0 Å². The zero-order valence-corrected chi connectivity index (χ0v) is 11.1. The molecule has 0 fully saturated rings. The lowest BCUT2D eigenvalue weighted by atomic mass is 9.90. The Balaban J connectivity index is 3.41. The second kappa shape index (κ2) is 5.18. The molecule has 0 atom stereocenters. The van der Waals surface area contributed by atoms with Gasteiger partial charge in [-0.3, -0.25) is 4.79 Å². The molecule has 0 bridgehead atoms. The average Bonchev–Trinajstić information content (AvgIpc) is 2.22. The second-order valence-corrected chi connectivity index (χ2v) is 5.29. The normalized spacial score (nSPS) is 11.2. The summed E-state index contributed by atoms with van der Waals surface area (Å²) in [6, 6.07) is 5.80. The molecule has 0 spiro atoms. The third kappa shape index (κ3) is 2.97. The van der Waals surface area contributed by atoms with Gasteiger partial charge in [0.25, 0.3) is 5.56 Å². The van der Waals surface area contributed by atoms with Gasteiger partial charge in [0.2, 0.25) is 0 Å². The van der Waals surface area contributed by atoms with Gasteiger partial charge in [0.1, 0.15) is 0 Å². The fourth-order valence-corrected chi connectivity index (χ4v) is 1.94. The molecule has 1 heterocycles. The molecule has 0 amide bonds. The van der Waals surface area contributed by atoms with Crippen LogP contribution in [-0.2, 0) is 18.4 Å². The van der Waals surface area contributed by atoms with Crippen molar-refractivity contribution in [2.75, 3.05) is 0 Å². The number of pyridine rings is 1. The van der Waals surface area contributed by atoms with Gasteiger partial charge in [0, 0.05) is 23.2 Å². The van der Waals surface area contributed by atoms with E-state index in [-0.39, 0.29) is 17.4 Å². The molecular weight excluding hydrogens is 212 g/mol. The van der Waals surface area contributed by atoms with Crippen molar-refractivity contribution in [3.63, 3.8) is 0 Å². The standard InChI is InChI=1S/C14H20N2O/c1-5-10-16-12(14(2,3)4)7-6-11(8-9-15)13(16)17/h6-7H,5,8,10H2,1-4H3. The molecule has 0 saturated carbocycles. The molecule has 92 valence electrons. The van der Waals surface area contributed by atoms with Crippen molar-refractivity contribution in [1.29, 1.82) is 5.26 Å². The van der Waals surface area contributed by atoms with Crippen molar-refractivity contribution in [3.8, 4) is 6.07 Å². The van der Waals surface area contributed by atoms with E-state index in [9.17, 15) is 4.79 Å². The Morgan fingerprint density at radius 3 is 2.47 bits per heavy atom. The highest BCUT2D eigenvalue weighted by Gasteiger charge is 2.19. The van der Waals surface area contributed by atoms with Crippen LogP contribution in [0, 0.1) is 11.3 Å². The fraction of sp³-hybridized carbons (Fsp3) is 0.571. The molecule has 0 aromatic carbocycles. The van der Waals surface area contributed by atoms with Gasteiger partial charge < -0.3 is 4.57 Å². The lowest BCUT2D eigenvalue weighted by Crippen LogP contribution is -2.31. The summed E-state index contributed by atoms with van der Waals surface area (Å²) < 4.78 is 1.81. The number of nitrogens with zero attached hydrogens (tertiary/aromatic N) is 2. The maximum atomic E-state index is 12.2. The number of hydrogen-bond donors (Lipinski definition) is 0. The van der Waals surface area contributed by atoms with E-state index in [4.69, 9.17) is 5.26 Å². The molecule has 0 saturated heterocycles. The first-order valence-corrected chi connectivity index (χ1v) is 6.02. The van der Waals surface area contributed by atoms with Crippen molar-refractivity contribution in [2.24, 2.45) is 0 Å². The van der Waals surface area contributed by atoms with Crippen LogP contribution in [0.25, 0.3) is 0 Å². The Hall–Kier alpha value is -1.56. The van der Waals surface area contributed by atoms with Crippen LogP contribution in [0.15, 0.2) is 16.9 Å². The summed E-state index contributed by atoms with van der Waals surface area (Å²) in [6.07, 6.45) is 1.10. The van der Waals surface area contributed by atoms with Gasteiger partial charge in [-0.15, -0.1) is 0 Å². The van der Waals surface area contributed by atoms with Crippen LogP contribution < -0.4 is 5.56 Å². The summed E-state index contributed by atoms with van der Waals surface area (Å²) in [4.78, 5) is 12.2. The first-order chi connectivity index (χ1) is 7.91. The van der Waals surface area contributed by atoms with E-state index in [1.54, 1.807) is 6.07 Å². The molecule has 0 aliphatic carbocycles. The molecule has 1 aromatic rings. The quantitative estimate of drug-likeness (QED) is 0.804. The largest absolute Gasteiger partial charge is 0.312 e. The number of aromatic nitrogens is 1. The summed E-state index contributed by atoms with van der Waals surface area (Å²) in [6.45, 7) is 9.05. The average molecular weight is 232 g/mol. The third-order valence-corrected chi connectivity index (χ3v) is 2.74. The van der Waals surface area contributed by atoms with Crippen molar-refractivity contribution < 1.29 is 0 Å². The Morgan fingerprint density at radius 1 is 1.35 bits per heavy atom. The highest BCUT2D eigenvalue weighted by molar-refractivity contribution is 5.23. The van der Waals surface area contributed by atoms with Crippen molar-refractivity contribution >= 4 is 0 Å². The minimum Gasteiger partial charge on any atom is -0.312 e. The SMILES string of the molecule is CCCn1c(C(C)(C)C)ccc(CC#N)c1=O. The Kier molecular flexibility index (Phi) is 4.11. The summed E-state index contributed by atoms with van der Waals surface area (Å²) in [5.41, 5.74) is 1.56. The second-order valence-electron chi connectivity index (χ2n) is 5.29. The van der Waals surface area contributed by atoms with Crippen LogP contribution in [0.1, 0.15) is 45.4 Å². The summed E-state index contributed by atoms with van der Waals surface area (Å²) in [5.74, 6) is 0. The zero-order valence-electron chi connectivity index (χ0n) is 11.1. The van der Waals surface area contributed by atoms with Gasteiger partial charge in [0.15, 0.2) is 0 Å². The maximum absolute atomic E-state index is 12.2. The van der Waals surface area contributed by atoms with E-state index in [1.165, 1.54) is 0 Å². The number of hydrogen-bond acceptors (Lipinski definition) is 2. The summed E-state index contributed by atoms with van der Waals surface area (Å²) in [5, 5.41) is 8.70. The van der Waals surface area contributed by atoms with Gasteiger partial charge in [-0.05, 0) is 12.5 Å². The fourth-order valence-electron chi connectivity index (χ4n) is 1.94. The van der Waals surface area contributed by atoms with E-state index < -0.39 is 0 Å². The topological polar surface area (TPSA) is 45.8 Å². The Bertz CT molecular complexity index is 486. The highest BCUT2D eigenvalue weighted by Crippen LogP contribution is 2.21. The van der Waals surface area contributed by atoms with E-state index in [0.717, 1.165) is 12.1 Å². The van der Waals surface area contributed by atoms with Gasteiger partial charge in [-0.25, -0.2) is 0 Å². The molecule has 1 rings (SSSR count). The summed E-state index contributed by atoms with van der Waals surface area (Å²) in [7, 11) is 0. The molecular formula is C14H20N2O. The molecule has 3 heteroatoms. The van der Waals surface area contributed by atoms with Crippen LogP contribution in [0.3, 0.4) is 0 Å². The lowest BCUT2D eigenvalue weighted by Gasteiger charge is -2.24. The molecule has 0 radical (unpaired) electrons. The predicted octanol–water partition coefficient (Wildman–Crippen LogP) is 2.62. The zero-order chi connectivity index (χ0) is 13.1. The van der Waals surface area contributed by atoms with Gasteiger partial charge in [0.05, 0.1) is 12.5 Å². The lowest BCUT2D eigenvalue weighted by molar-refractivity contribution is 0.496. The molecule has 0 unspecified atom stereocenters. The van der Waals surface area contributed by atoms with Crippen LogP contribution in [0.2, 0.25) is 0 Å². The Morgan fingerprint density at radius 2 is 2.00 bits per heavy atom. The molecule has 0 aliphatic heterocycles. The predicted molar refractivity (Wildman–Crippen MR) is 69.0 cm³/mol. The molecule has 17 heavy (non-hydrogen) atoms. The number of rotatable bonds is 3. The van der Waals surface area contributed by atoms with E-state index in [2.05, 4.69) is 27.7 Å².